The average molecular weight is 361 g/mol. The number of hydrogen-bond acceptors (Lipinski definition) is 5. The predicted octanol–water partition coefficient (Wildman–Crippen LogP) is 1.23. The number of nitrogens with zero attached hydrogens (tertiary/aromatic N) is 1. The van der Waals surface area contributed by atoms with Crippen LogP contribution in [0.1, 0.15) is 26.7 Å². The molecule has 0 radical (unpaired) electrons. The van der Waals surface area contributed by atoms with Gasteiger partial charge in [-0.2, -0.15) is 4.31 Å². The summed E-state index contributed by atoms with van der Waals surface area (Å²) in [6.07, 6.45) is 1.71. The minimum absolute atomic E-state index is 0.0126. The topological polar surface area (TPSA) is 97.5 Å². The Morgan fingerprint density at radius 3 is 2.26 bits per heavy atom. The summed E-state index contributed by atoms with van der Waals surface area (Å²) in [6, 6.07) is 5.41. The lowest BCUT2D eigenvalue weighted by Crippen LogP contribution is -2.44. The molecule has 1 aliphatic rings. The van der Waals surface area contributed by atoms with Crippen LogP contribution in [0.5, 0.6) is 0 Å². The Morgan fingerprint density at radius 2 is 1.74 bits per heavy atom. The van der Waals surface area contributed by atoms with Gasteiger partial charge in [-0.3, -0.25) is 0 Å². The Kier molecular flexibility index (Phi) is 5.50. The van der Waals surface area contributed by atoms with Crippen LogP contribution in [0.2, 0.25) is 0 Å². The van der Waals surface area contributed by atoms with E-state index in [2.05, 4.69) is 0 Å². The van der Waals surface area contributed by atoms with E-state index in [4.69, 9.17) is 5.73 Å². The molecule has 6 nitrogen and oxygen atoms in total. The molecule has 0 aliphatic carbocycles. The van der Waals surface area contributed by atoms with Gasteiger partial charge in [-0.05, 0) is 49.9 Å². The van der Waals surface area contributed by atoms with E-state index in [-0.39, 0.29) is 27.5 Å². The van der Waals surface area contributed by atoms with Gasteiger partial charge in [-0.25, -0.2) is 16.8 Å². The lowest BCUT2D eigenvalue weighted by molar-refractivity contribution is 0.243. The molecular weight excluding hydrogens is 336 g/mol. The third-order valence-electron chi connectivity index (χ3n) is 4.36. The first-order valence-corrected chi connectivity index (χ1v) is 10.9. The molecule has 2 N–H and O–H groups in total. The van der Waals surface area contributed by atoms with E-state index in [1.807, 2.05) is 6.92 Å². The number of hydrogen-bond donors (Lipinski definition) is 1. The quantitative estimate of drug-likeness (QED) is 0.852. The summed E-state index contributed by atoms with van der Waals surface area (Å²) in [5.41, 5.74) is 5.91. The highest BCUT2D eigenvalue weighted by atomic mass is 32.2. The van der Waals surface area contributed by atoms with Gasteiger partial charge in [0, 0.05) is 19.1 Å². The lowest BCUT2D eigenvalue weighted by Gasteiger charge is -2.33. The van der Waals surface area contributed by atoms with Gasteiger partial charge < -0.3 is 5.73 Å². The Hall–Kier alpha value is -0.960. The highest BCUT2D eigenvalue weighted by Crippen LogP contribution is 2.25. The summed E-state index contributed by atoms with van der Waals surface area (Å²) in [6.45, 7) is 4.34. The lowest BCUT2D eigenvalue weighted by atomic mass is 9.93. The number of nitrogens with two attached hydrogens (primary N) is 1. The van der Waals surface area contributed by atoms with Crippen LogP contribution < -0.4 is 5.73 Å². The van der Waals surface area contributed by atoms with E-state index in [1.165, 1.54) is 28.6 Å². The molecule has 23 heavy (non-hydrogen) atoms. The van der Waals surface area contributed by atoms with Gasteiger partial charge in [0.1, 0.15) is 0 Å². The van der Waals surface area contributed by atoms with Crippen molar-refractivity contribution in [1.29, 1.82) is 0 Å². The first-order chi connectivity index (χ1) is 10.7. The fourth-order valence-electron chi connectivity index (χ4n) is 2.76. The van der Waals surface area contributed by atoms with Crippen LogP contribution >= 0.6 is 0 Å². The minimum atomic E-state index is -3.61. The minimum Gasteiger partial charge on any atom is -0.328 e. The Labute approximate surface area is 138 Å². The maximum Gasteiger partial charge on any atom is 0.243 e. The first kappa shape index (κ1) is 18.4. The number of sulfone groups is 1. The van der Waals surface area contributed by atoms with Gasteiger partial charge in [-0.15, -0.1) is 0 Å². The van der Waals surface area contributed by atoms with E-state index in [0.29, 0.717) is 13.1 Å². The normalized spacial score (nSPS) is 22.0. The van der Waals surface area contributed by atoms with Gasteiger partial charge in [0.2, 0.25) is 10.0 Å². The van der Waals surface area contributed by atoms with Crippen molar-refractivity contribution in [3.8, 4) is 0 Å². The van der Waals surface area contributed by atoms with Crippen molar-refractivity contribution in [3.63, 3.8) is 0 Å². The van der Waals surface area contributed by atoms with Crippen LogP contribution in [0.15, 0.2) is 34.1 Å². The molecule has 0 amide bonds. The molecule has 0 aromatic heterocycles. The molecule has 0 saturated carbocycles. The van der Waals surface area contributed by atoms with E-state index in [1.54, 1.807) is 6.92 Å². The average Bonchev–Trinajstić information content (AvgIpc) is 2.55. The van der Waals surface area contributed by atoms with E-state index >= 15 is 0 Å². The molecule has 1 fully saturated rings. The summed E-state index contributed by atoms with van der Waals surface area (Å²) in [5, 5.41) is 0. The maximum atomic E-state index is 12.7. The number of piperidine rings is 1. The molecule has 1 aliphatic heterocycles. The van der Waals surface area contributed by atoms with Crippen molar-refractivity contribution in [2.45, 2.75) is 42.5 Å². The molecule has 8 heteroatoms. The molecule has 1 saturated heterocycles. The largest absolute Gasteiger partial charge is 0.328 e. The zero-order valence-corrected chi connectivity index (χ0v) is 15.1. The van der Waals surface area contributed by atoms with Gasteiger partial charge in [-0.1, -0.05) is 6.92 Å². The van der Waals surface area contributed by atoms with Crippen molar-refractivity contribution in [1.82, 2.24) is 4.31 Å². The smallest absolute Gasteiger partial charge is 0.243 e. The molecule has 2 rings (SSSR count). The van der Waals surface area contributed by atoms with Gasteiger partial charge in [0.15, 0.2) is 9.84 Å². The second-order valence-corrected chi connectivity index (χ2v) is 10.2. The van der Waals surface area contributed by atoms with E-state index < -0.39 is 19.9 Å². The molecule has 1 aromatic carbocycles. The van der Waals surface area contributed by atoms with Gasteiger partial charge in [0.25, 0.3) is 0 Å². The predicted molar refractivity (Wildman–Crippen MR) is 89.3 cm³/mol. The highest BCUT2D eigenvalue weighted by molar-refractivity contribution is 7.91. The second-order valence-electron chi connectivity index (χ2n) is 6.00. The summed E-state index contributed by atoms with van der Waals surface area (Å²) in [7, 11) is -6.94. The first-order valence-electron chi connectivity index (χ1n) is 7.77. The van der Waals surface area contributed by atoms with Gasteiger partial charge >= 0.3 is 0 Å². The third-order valence-corrected chi connectivity index (χ3v) is 7.99. The van der Waals surface area contributed by atoms with E-state index in [9.17, 15) is 16.8 Å². The monoisotopic (exact) mass is 360 g/mol. The molecule has 0 unspecified atom stereocenters. The fraction of sp³-hybridized carbons (Fsp3) is 0.600. The van der Waals surface area contributed by atoms with Crippen molar-refractivity contribution in [2.24, 2.45) is 11.7 Å². The van der Waals surface area contributed by atoms with Crippen LogP contribution in [0.3, 0.4) is 0 Å². The second kappa shape index (κ2) is 6.88. The molecule has 0 bridgehead atoms. The molecule has 1 heterocycles. The Morgan fingerprint density at radius 1 is 1.17 bits per heavy atom. The van der Waals surface area contributed by atoms with Gasteiger partial charge in [0.05, 0.1) is 15.5 Å². The van der Waals surface area contributed by atoms with Crippen LogP contribution in [0.25, 0.3) is 0 Å². The summed E-state index contributed by atoms with van der Waals surface area (Å²) in [5.74, 6) is 0.139. The summed E-state index contributed by atoms with van der Waals surface area (Å²) >= 11 is 0. The fourth-order valence-corrected chi connectivity index (χ4v) is 5.18. The SMILES string of the molecule is CCS(=O)(=O)c1ccc(S(=O)(=O)N2CCC[C@H]([C@H](C)N)C2)cc1. The van der Waals surface area contributed by atoms with Crippen molar-refractivity contribution >= 4 is 19.9 Å². The molecular formula is C15H24N2O4S2. The highest BCUT2D eigenvalue weighted by Gasteiger charge is 2.31. The molecule has 1 aromatic rings. The Bertz CT molecular complexity index is 740. The standard InChI is InChI=1S/C15H24N2O4S2/c1-3-22(18,19)14-6-8-15(9-7-14)23(20,21)17-10-4-5-13(11-17)12(2)16/h6-9,12-13H,3-5,10-11,16H2,1-2H3/t12-,13-/m0/s1. The van der Waals surface area contributed by atoms with Crippen LogP contribution in [-0.2, 0) is 19.9 Å². The van der Waals surface area contributed by atoms with Crippen molar-refractivity contribution < 1.29 is 16.8 Å². The van der Waals surface area contributed by atoms with Crippen molar-refractivity contribution in [2.75, 3.05) is 18.8 Å². The Balaban J connectivity index is 2.26. The zero-order chi connectivity index (χ0) is 17.3. The van der Waals surface area contributed by atoms with E-state index in [0.717, 1.165) is 12.8 Å². The maximum absolute atomic E-state index is 12.7. The number of rotatable bonds is 5. The number of sulfonamides is 1. The molecule has 2 atom stereocenters. The van der Waals surface area contributed by atoms with Crippen LogP contribution in [-0.4, -0.2) is 46.0 Å². The molecule has 0 spiro atoms. The van der Waals surface area contributed by atoms with Crippen LogP contribution in [0.4, 0.5) is 0 Å². The number of benzene rings is 1. The third kappa shape index (κ3) is 3.93. The van der Waals surface area contributed by atoms with Crippen molar-refractivity contribution in [3.05, 3.63) is 24.3 Å². The van der Waals surface area contributed by atoms with Crippen LogP contribution in [0, 0.1) is 5.92 Å². The summed E-state index contributed by atoms with van der Waals surface area (Å²) < 4.78 is 50.5. The zero-order valence-electron chi connectivity index (χ0n) is 13.5. The molecule has 130 valence electrons. The summed E-state index contributed by atoms with van der Waals surface area (Å²) in [4.78, 5) is 0.268.